The number of hydrogen-bond acceptors (Lipinski definition) is 7. The average Bonchev–Trinajstić information content (AvgIpc) is 3.95. The van der Waals surface area contributed by atoms with E-state index in [-0.39, 0.29) is 52.9 Å². The zero-order valence-electron chi connectivity index (χ0n) is 35.7. The molecule has 0 amide bonds. The summed E-state index contributed by atoms with van der Waals surface area (Å²) in [5.41, 5.74) is 9.24. The number of aliphatic carboxylic acids is 1. The van der Waals surface area contributed by atoms with Gasteiger partial charge in [-0.25, -0.2) is 9.98 Å². The number of rotatable bonds is 19. The van der Waals surface area contributed by atoms with Gasteiger partial charge >= 0.3 is 28.4 Å². The Hall–Kier alpha value is -4.56. The van der Waals surface area contributed by atoms with Gasteiger partial charge in [-0.3, -0.25) is 14.6 Å². The predicted octanol–water partition coefficient (Wildman–Crippen LogP) is 8.93. The van der Waals surface area contributed by atoms with Gasteiger partial charge in [0.15, 0.2) is 5.76 Å². The van der Waals surface area contributed by atoms with Gasteiger partial charge < -0.3 is 19.9 Å². The summed E-state index contributed by atoms with van der Waals surface area (Å²) >= 11 is 0. The molecule has 2 atom stereocenters. The number of nitrogens with zero attached hydrogens (tertiary/aromatic N) is 4. The Morgan fingerprint density at radius 2 is 1.54 bits per heavy atom. The summed E-state index contributed by atoms with van der Waals surface area (Å²) in [6.45, 7) is 12.3. The van der Waals surface area contributed by atoms with Crippen molar-refractivity contribution in [1.29, 1.82) is 0 Å². The van der Waals surface area contributed by atoms with E-state index in [1.165, 1.54) is 25.7 Å². The molecule has 0 spiro atoms. The molecular weight excluding hydrogens is 783 g/mol. The maximum absolute atomic E-state index is 13.6. The monoisotopic (exact) mass is 842 g/mol. The number of aliphatic imine (C=N–C) groups is 3. The minimum Gasteiger partial charge on any atom is -0.875 e. The van der Waals surface area contributed by atoms with Crippen molar-refractivity contribution in [2.75, 3.05) is 0 Å². The maximum Gasteiger partial charge on any atom is 2.00 e. The van der Waals surface area contributed by atoms with Crippen LogP contribution < -0.4 is 20.7 Å². The van der Waals surface area contributed by atoms with Crippen LogP contribution in [-0.2, 0) is 30.8 Å². The molecule has 8 bridgehead atoms. The van der Waals surface area contributed by atoms with E-state index in [1.54, 1.807) is 0 Å². The SMILES string of the molecule is CCCCC/C=C/C/C=C/CCCCCCCC(=O)OC1=C(C)C2=NC1=CC1=NC(=Cc3[n-]c4c(c3C)=C([O-])CC=4C3=NC(=C2)[C@@H](C)[C@@H]3CCC(=O)O)C(CC)=C1C.[Ni+2]. The van der Waals surface area contributed by atoms with E-state index in [0.29, 0.717) is 46.3 Å². The van der Waals surface area contributed by atoms with Crippen molar-refractivity contribution in [2.45, 2.75) is 144 Å². The van der Waals surface area contributed by atoms with Crippen molar-refractivity contribution in [3.63, 3.8) is 0 Å². The molecule has 0 aromatic carbocycles. The fourth-order valence-electron chi connectivity index (χ4n) is 8.62. The zero-order valence-corrected chi connectivity index (χ0v) is 36.7. The molecule has 1 aromatic heterocycles. The molecule has 1 aliphatic carbocycles. The van der Waals surface area contributed by atoms with Crippen molar-refractivity contribution >= 4 is 46.5 Å². The van der Waals surface area contributed by atoms with E-state index in [0.717, 1.165) is 102 Å². The van der Waals surface area contributed by atoms with Crippen molar-refractivity contribution in [3.8, 4) is 0 Å². The third-order valence-corrected chi connectivity index (χ3v) is 12.1. The first-order valence-electron chi connectivity index (χ1n) is 21.6. The Kier molecular flexibility index (Phi) is 16.3. The molecule has 0 saturated heterocycles. The van der Waals surface area contributed by atoms with Crippen LogP contribution in [0.1, 0.15) is 149 Å². The number of fused-ring (bicyclic) bond motifs is 5. The largest absolute Gasteiger partial charge is 2.00 e. The van der Waals surface area contributed by atoms with Crippen LogP contribution in [0, 0.1) is 18.8 Å². The second-order valence-corrected chi connectivity index (χ2v) is 16.2. The number of ether oxygens (including phenoxy) is 1. The van der Waals surface area contributed by atoms with E-state index >= 15 is 0 Å². The van der Waals surface area contributed by atoms with Crippen LogP contribution in [0.15, 0.2) is 91.0 Å². The number of carboxylic acids is 1. The minimum atomic E-state index is -0.877. The normalized spacial score (nSPS) is 19.7. The number of carbonyl (C=O) groups is 2. The number of aromatic nitrogens is 1. The summed E-state index contributed by atoms with van der Waals surface area (Å²) in [6.07, 6.45) is 28.7. The third kappa shape index (κ3) is 10.6. The van der Waals surface area contributed by atoms with Crippen LogP contribution in [0.5, 0.6) is 0 Å². The number of hydrogen-bond donors (Lipinski definition) is 1. The van der Waals surface area contributed by atoms with Gasteiger partial charge in [0.05, 0.1) is 17.1 Å². The Morgan fingerprint density at radius 3 is 2.25 bits per heavy atom. The van der Waals surface area contributed by atoms with E-state index in [2.05, 4.69) is 38.2 Å². The van der Waals surface area contributed by atoms with E-state index in [1.807, 2.05) is 45.9 Å². The molecule has 0 radical (unpaired) electrons. The molecule has 0 saturated carbocycles. The third-order valence-electron chi connectivity index (χ3n) is 12.1. The Balaban J connectivity index is 0.00000661. The van der Waals surface area contributed by atoms with E-state index in [9.17, 15) is 19.8 Å². The molecule has 59 heavy (non-hydrogen) atoms. The van der Waals surface area contributed by atoms with Gasteiger partial charge in [-0.2, -0.15) is 0 Å². The molecule has 5 heterocycles. The molecule has 9 nitrogen and oxygen atoms in total. The first-order valence-corrected chi connectivity index (χ1v) is 21.6. The van der Waals surface area contributed by atoms with Crippen molar-refractivity contribution in [2.24, 2.45) is 26.8 Å². The van der Waals surface area contributed by atoms with Gasteiger partial charge in [-0.1, -0.05) is 88.8 Å². The quantitative estimate of drug-likeness (QED) is 0.0639. The molecule has 10 heteroatoms. The summed E-state index contributed by atoms with van der Waals surface area (Å²) in [7, 11) is 0. The Labute approximate surface area is 360 Å². The first-order chi connectivity index (χ1) is 28.0. The fourth-order valence-corrected chi connectivity index (χ4v) is 8.62. The van der Waals surface area contributed by atoms with Gasteiger partial charge in [0.2, 0.25) is 0 Å². The number of unbranched alkanes of at least 4 members (excludes halogenated alkanes) is 8. The van der Waals surface area contributed by atoms with Gasteiger partial charge in [0.1, 0.15) is 5.70 Å². The molecule has 1 N–H and O–H groups in total. The summed E-state index contributed by atoms with van der Waals surface area (Å²) in [4.78, 5) is 45.4. The topological polar surface area (TPSA) is 138 Å². The smallest absolute Gasteiger partial charge is 0.875 e. The number of allylic oxidation sites excluding steroid dienone is 10. The predicted molar refractivity (Wildman–Crippen MR) is 232 cm³/mol. The molecule has 1 aromatic rings. The van der Waals surface area contributed by atoms with Gasteiger partial charge in [0, 0.05) is 41.7 Å². The molecule has 6 rings (SSSR count). The maximum atomic E-state index is 13.6. The average molecular weight is 844 g/mol. The molecule has 316 valence electrons. The van der Waals surface area contributed by atoms with Gasteiger partial charge in [-0.15, -0.1) is 16.8 Å². The van der Waals surface area contributed by atoms with Crippen molar-refractivity contribution in [1.82, 2.24) is 4.98 Å². The van der Waals surface area contributed by atoms with Crippen molar-refractivity contribution in [3.05, 3.63) is 97.9 Å². The molecule has 5 aliphatic rings. The second-order valence-electron chi connectivity index (χ2n) is 16.2. The standard InChI is InChI=1S/C49H62N4O5.Ni/c1-7-9-10-11-12-13-14-15-16-17-18-19-20-21-22-23-45(57)58-49-33(6)40-27-38-31(4)35(24-25-44(55)56)47(52-38)36-26-43(54)46-32(5)39(53-48(36)46)28-41-34(8-2)30(3)37(50-41)29-42(49)51-40;/h12-13,15-16,27-29,31,35H,7-11,14,17-26H2,1-6H3,(H3,50,51,52,53,54,55,56);/q;+2/p-2/b13-12+,16-15+;/t31-,35-;/m0./s1. The Bertz CT molecular complexity index is 2250. The summed E-state index contributed by atoms with van der Waals surface area (Å²) in [5.74, 6) is -1.09. The number of esters is 1. The fraction of sp³-hybridized carbons (Fsp3) is 0.490. The van der Waals surface area contributed by atoms with Crippen molar-refractivity contribution < 1.29 is 41.0 Å². The van der Waals surface area contributed by atoms with Crippen LogP contribution in [0.2, 0.25) is 0 Å². The van der Waals surface area contributed by atoms with E-state index in [4.69, 9.17) is 24.7 Å². The number of carbonyl (C=O) groups excluding carboxylic acids is 1. The summed E-state index contributed by atoms with van der Waals surface area (Å²) in [5, 5.41) is 24.5. The van der Waals surface area contributed by atoms with Gasteiger partial charge in [-0.05, 0) is 113 Å². The zero-order chi connectivity index (χ0) is 41.3. The van der Waals surface area contributed by atoms with Crippen LogP contribution >= 0.6 is 0 Å². The van der Waals surface area contributed by atoms with Crippen LogP contribution in [0.3, 0.4) is 0 Å². The molecule has 0 unspecified atom stereocenters. The molecule has 0 fully saturated rings. The minimum absolute atomic E-state index is 0. The Morgan fingerprint density at radius 1 is 0.864 bits per heavy atom. The van der Waals surface area contributed by atoms with Gasteiger partial charge in [0.25, 0.3) is 0 Å². The van der Waals surface area contributed by atoms with Crippen LogP contribution in [0.4, 0.5) is 0 Å². The molecular formula is C49H60N4NiO5. The molecule has 4 aliphatic heterocycles. The van der Waals surface area contributed by atoms with E-state index < -0.39 is 5.97 Å². The van der Waals surface area contributed by atoms with Crippen LogP contribution in [0.25, 0.3) is 17.4 Å². The second kappa shape index (κ2) is 21.1. The first kappa shape index (κ1) is 45.5. The summed E-state index contributed by atoms with van der Waals surface area (Å²) < 4.78 is 6.15. The summed E-state index contributed by atoms with van der Waals surface area (Å²) in [6, 6.07) is 0. The number of carboxylic acid groups (broad SMARTS) is 1. The van der Waals surface area contributed by atoms with Crippen LogP contribution in [-0.4, -0.2) is 34.2 Å².